The number of nitrogens with zero attached hydrogens (tertiary/aromatic N) is 3. The molecule has 8 rings (SSSR count). The number of amides is 2. The molecule has 0 radical (unpaired) electrons. The molecule has 0 bridgehead atoms. The van der Waals surface area contributed by atoms with E-state index in [4.69, 9.17) is 23.9 Å². The third kappa shape index (κ3) is 9.05. The van der Waals surface area contributed by atoms with Gasteiger partial charge in [0, 0.05) is 66.0 Å². The highest BCUT2D eigenvalue weighted by Crippen LogP contribution is 2.42. The highest BCUT2D eigenvalue weighted by Gasteiger charge is 2.36. The van der Waals surface area contributed by atoms with Crippen molar-refractivity contribution < 1.29 is 28.5 Å². The summed E-state index contributed by atoms with van der Waals surface area (Å²) in [6.45, 7) is 5.67. The van der Waals surface area contributed by atoms with E-state index < -0.39 is 0 Å². The Hall–Kier alpha value is -5.24. The molecule has 0 saturated heterocycles. The number of para-hydroxylation sites is 2. The summed E-state index contributed by atoms with van der Waals surface area (Å²) in [7, 11) is 8.65. The summed E-state index contributed by atoms with van der Waals surface area (Å²) in [5.74, 6) is 3.54. The topological polar surface area (TPSA) is 102 Å². The number of anilines is 3. The van der Waals surface area contributed by atoms with E-state index in [9.17, 15) is 9.59 Å². The molecule has 5 aromatic carbocycles. The molecule has 0 fully saturated rings. The van der Waals surface area contributed by atoms with E-state index in [0.717, 1.165) is 63.5 Å². The average molecular weight is 875 g/mol. The van der Waals surface area contributed by atoms with Crippen molar-refractivity contribution in [3.63, 3.8) is 0 Å². The zero-order valence-corrected chi connectivity index (χ0v) is 37.7. The molecule has 5 aromatic rings. The minimum absolute atomic E-state index is 0.0938. The molecule has 0 aromatic heterocycles. The first-order chi connectivity index (χ1) is 29.6. The van der Waals surface area contributed by atoms with Gasteiger partial charge >= 0.3 is 0 Å². The van der Waals surface area contributed by atoms with Crippen molar-refractivity contribution in [2.75, 3.05) is 54.9 Å². The van der Waals surface area contributed by atoms with Gasteiger partial charge < -0.3 is 29.2 Å². The van der Waals surface area contributed by atoms with Crippen LogP contribution in [0.15, 0.2) is 96.0 Å². The number of benzene rings is 5. The number of nitrogens with one attached hydrogen (secondary N) is 1. The fourth-order valence-electron chi connectivity index (χ4n) is 8.18. The number of hydrogen-bond acceptors (Lipinski definition) is 11. The van der Waals surface area contributed by atoms with Crippen molar-refractivity contribution in [3.8, 4) is 23.0 Å². The minimum atomic E-state index is -0.155. The third-order valence-corrected chi connectivity index (χ3v) is 15.3. The number of ether oxygens (including phenoxy) is 4. The summed E-state index contributed by atoms with van der Waals surface area (Å²) in [6.07, 6.45) is 5.51. The molecular formula is C48H50N4O6S3. The van der Waals surface area contributed by atoms with Gasteiger partial charge in [-0.2, -0.15) is 11.8 Å². The zero-order chi connectivity index (χ0) is 42.7. The molecule has 3 aliphatic rings. The largest absolute Gasteiger partial charge is 0.493 e. The van der Waals surface area contributed by atoms with Gasteiger partial charge in [0.2, 0.25) is 0 Å². The van der Waals surface area contributed by atoms with Crippen molar-refractivity contribution in [1.82, 2.24) is 0 Å². The first-order valence-corrected chi connectivity index (χ1v) is 23.9. The quantitative estimate of drug-likeness (QED) is 0.0965. The predicted molar refractivity (Wildman–Crippen MR) is 253 cm³/mol. The van der Waals surface area contributed by atoms with Gasteiger partial charge in [-0.25, -0.2) is 0 Å². The molecule has 1 N–H and O–H groups in total. The van der Waals surface area contributed by atoms with Crippen LogP contribution in [0.4, 0.5) is 22.7 Å². The third-order valence-electron chi connectivity index (χ3n) is 11.0. The number of rotatable bonds is 16. The van der Waals surface area contributed by atoms with E-state index >= 15 is 0 Å². The van der Waals surface area contributed by atoms with Gasteiger partial charge in [-0.05, 0) is 84.7 Å². The maximum absolute atomic E-state index is 14.0. The van der Waals surface area contributed by atoms with Crippen molar-refractivity contribution in [3.05, 3.63) is 130 Å². The highest BCUT2D eigenvalue weighted by molar-refractivity contribution is 8.77. The van der Waals surface area contributed by atoms with E-state index in [2.05, 4.69) is 55.8 Å². The summed E-state index contributed by atoms with van der Waals surface area (Å²) >= 11 is 1.90. The first kappa shape index (κ1) is 42.5. The number of carbonyl (C=O) groups excluding carboxylic acids is 2. The Morgan fingerprint density at radius 2 is 1.49 bits per heavy atom. The van der Waals surface area contributed by atoms with Crippen molar-refractivity contribution in [1.29, 1.82) is 0 Å². The van der Waals surface area contributed by atoms with Crippen LogP contribution in [0.5, 0.6) is 23.0 Å². The molecule has 1 unspecified atom stereocenters. The second-order valence-corrected chi connectivity index (χ2v) is 19.8. The molecular weight excluding hydrogens is 825 g/mol. The van der Waals surface area contributed by atoms with Crippen LogP contribution in [0.25, 0.3) is 0 Å². The summed E-state index contributed by atoms with van der Waals surface area (Å²) in [5.41, 5.74) is 9.39. The molecule has 3 aliphatic heterocycles. The Kier molecular flexibility index (Phi) is 12.8. The van der Waals surface area contributed by atoms with Crippen LogP contribution in [-0.4, -0.2) is 68.6 Å². The molecule has 13 heteroatoms. The van der Waals surface area contributed by atoms with Crippen molar-refractivity contribution in [2.45, 2.75) is 56.4 Å². The maximum Gasteiger partial charge on any atom is 0.261 e. The Balaban J connectivity index is 1.03. The first-order valence-electron chi connectivity index (χ1n) is 20.2. The summed E-state index contributed by atoms with van der Waals surface area (Å²) in [6, 6.07) is 29.4. The smallest absolute Gasteiger partial charge is 0.261 e. The van der Waals surface area contributed by atoms with Crippen LogP contribution in [0.1, 0.15) is 62.4 Å². The van der Waals surface area contributed by atoms with Gasteiger partial charge in [-0.3, -0.25) is 19.5 Å². The number of fused-ring (bicyclic) bond motifs is 5. The van der Waals surface area contributed by atoms with E-state index in [1.165, 1.54) is 0 Å². The van der Waals surface area contributed by atoms with Crippen molar-refractivity contribution in [2.24, 2.45) is 4.99 Å². The molecule has 0 aliphatic carbocycles. The molecule has 0 spiro atoms. The monoisotopic (exact) mass is 874 g/mol. The van der Waals surface area contributed by atoms with Crippen LogP contribution in [0, 0.1) is 0 Å². The van der Waals surface area contributed by atoms with Gasteiger partial charge in [-0.15, -0.1) is 0 Å². The van der Waals surface area contributed by atoms with Gasteiger partial charge in [0.05, 0.1) is 42.8 Å². The maximum atomic E-state index is 14.0. The lowest BCUT2D eigenvalue weighted by Crippen LogP contribution is -2.37. The normalized spacial score (nSPS) is 15.1. The number of methoxy groups -OCH3 is 2. The lowest BCUT2D eigenvalue weighted by molar-refractivity contribution is 0.0980. The Morgan fingerprint density at radius 3 is 2.20 bits per heavy atom. The SMILES string of the molecule is CNc1cc(OCc2cc(COc3cc4c(cc3OC)C(=O)N3c5ccccc5CC3C=N4)cc(CSCC(C)(C)SSC)c2)c(OC)cc1C(=O)N1CCc2ccccc21. The van der Waals surface area contributed by atoms with Crippen LogP contribution >= 0.6 is 33.3 Å². The van der Waals surface area contributed by atoms with E-state index in [1.807, 2.05) is 81.0 Å². The fourth-order valence-corrected chi connectivity index (χ4v) is 11.9. The number of aliphatic imine (C=N–C) groups is 1. The summed E-state index contributed by atoms with van der Waals surface area (Å²) < 4.78 is 24.7. The molecule has 10 nitrogen and oxygen atoms in total. The van der Waals surface area contributed by atoms with Gasteiger partial charge in [0.1, 0.15) is 13.2 Å². The Bertz CT molecular complexity index is 2490. The molecule has 3 heterocycles. The van der Waals surface area contributed by atoms with E-state index in [1.54, 1.807) is 50.3 Å². The molecule has 316 valence electrons. The lowest BCUT2D eigenvalue weighted by atomic mass is 10.1. The second kappa shape index (κ2) is 18.4. The standard InChI is InChI=1S/C48H50N4O6S3/c1-48(2,61-59-6)29-60-28-32-18-30(26-57-44-23-38(49-3)36(21-42(44)55-4)46(53)51-16-15-33-11-7-9-13-40(33)51)17-31(19-32)27-58-45-24-39-37(22-43(45)56-5)47(54)52-35(25-50-39)20-34-12-8-10-14-41(34)52/h7-14,17-19,21-25,35,49H,15-16,20,26-29H2,1-6H3. The zero-order valence-electron chi connectivity index (χ0n) is 35.3. The minimum Gasteiger partial charge on any atom is -0.493 e. The number of thioether (sulfide) groups is 1. The van der Waals surface area contributed by atoms with Gasteiger partial charge in [0.25, 0.3) is 11.8 Å². The highest BCUT2D eigenvalue weighted by atomic mass is 33.1. The lowest BCUT2D eigenvalue weighted by Gasteiger charge is -2.22. The second-order valence-electron chi connectivity index (χ2n) is 15.7. The number of carbonyl (C=O) groups is 2. The van der Waals surface area contributed by atoms with Gasteiger partial charge in [0.15, 0.2) is 23.0 Å². The Morgan fingerprint density at radius 1 is 0.836 bits per heavy atom. The van der Waals surface area contributed by atoms with Crippen LogP contribution < -0.4 is 34.1 Å². The van der Waals surface area contributed by atoms with E-state index in [-0.39, 0.29) is 35.8 Å². The average Bonchev–Trinajstić information content (AvgIpc) is 3.84. The van der Waals surface area contributed by atoms with Crippen LogP contribution in [0.3, 0.4) is 0 Å². The predicted octanol–water partition coefficient (Wildman–Crippen LogP) is 10.4. The van der Waals surface area contributed by atoms with Crippen molar-refractivity contribution >= 4 is 74.1 Å². The van der Waals surface area contributed by atoms with Crippen LogP contribution in [-0.2, 0) is 31.8 Å². The van der Waals surface area contributed by atoms with Gasteiger partial charge in [-0.1, -0.05) is 70.1 Å². The molecule has 61 heavy (non-hydrogen) atoms. The number of hydrogen-bond donors (Lipinski definition) is 1. The molecule has 2 amide bonds. The van der Waals surface area contributed by atoms with Crippen LogP contribution in [0.2, 0.25) is 0 Å². The summed E-state index contributed by atoms with van der Waals surface area (Å²) in [5, 5.41) is 3.21. The molecule has 0 saturated carbocycles. The Labute approximate surface area is 370 Å². The van der Waals surface area contributed by atoms with E-state index in [0.29, 0.717) is 52.0 Å². The fraction of sp³-hybridized carbons (Fsp3) is 0.312. The summed E-state index contributed by atoms with van der Waals surface area (Å²) in [4.78, 5) is 36.4. The molecule has 1 atom stereocenters.